The van der Waals surface area contributed by atoms with Gasteiger partial charge in [0.25, 0.3) is 0 Å². The van der Waals surface area contributed by atoms with Crippen molar-refractivity contribution in [3.63, 3.8) is 0 Å². The number of nitrogens with zero attached hydrogens (tertiary/aromatic N) is 1. The van der Waals surface area contributed by atoms with Crippen LogP contribution in [0.25, 0.3) is 22.2 Å². The van der Waals surface area contributed by atoms with Crippen molar-refractivity contribution in [1.82, 2.24) is 5.16 Å². The van der Waals surface area contributed by atoms with E-state index < -0.39 is 0 Å². The van der Waals surface area contributed by atoms with E-state index in [0.29, 0.717) is 5.03 Å². The van der Waals surface area contributed by atoms with E-state index in [1.54, 1.807) is 0 Å². The first-order valence-corrected chi connectivity index (χ1v) is 7.08. The minimum Gasteiger partial charge on any atom is -0.356 e. The molecule has 0 amide bonds. The van der Waals surface area contributed by atoms with Gasteiger partial charge in [-0.3, -0.25) is 0 Å². The number of halogens is 2. The van der Waals surface area contributed by atoms with Crippen molar-refractivity contribution in [2.45, 2.75) is 13.0 Å². The number of hydrogen-bond acceptors (Lipinski definition) is 3. The quantitative estimate of drug-likeness (QED) is 0.728. The second kappa shape index (κ2) is 6.97. The molecule has 0 spiro atoms. The Hall–Kier alpha value is -1.81. The molecule has 0 radical (unpaired) electrons. The lowest BCUT2D eigenvalue weighted by molar-refractivity contribution is 0.459. The molecule has 1 aromatic heterocycles. The van der Waals surface area contributed by atoms with Crippen LogP contribution in [0.4, 0.5) is 0 Å². The van der Waals surface area contributed by atoms with Crippen LogP contribution < -0.4 is 5.73 Å². The van der Waals surface area contributed by atoms with Crippen LogP contribution >= 0.6 is 24.0 Å². The van der Waals surface area contributed by atoms with E-state index in [0.717, 1.165) is 27.8 Å². The molecule has 114 valence electrons. The van der Waals surface area contributed by atoms with Crippen LogP contribution in [0.1, 0.15) is 18.5 Å². The molecule has 0 aliphatic heterocycles. The molecule has 3 aromatic rings. The van der Waals surface area contributed by atoms with E-state index in [9.17, 15) is 0 Å². The zero-order chi connectivity index (χ0) is 14.8. The molecule has 3 rings (SSSR count). The van der Waals surface area contributed by atoms with E-state index in [-0.39, 0.29) is 18.4 Å². The van der Waals surface area contributed by atoms with Gasteiger partial charge in [0.15, 0.2) is 5.58 Å². The average Bonchev–Trinajstić information content (AvgIpc) is 2.90. The summed E-state index contributed by atoms with van der Waals surface area (Å²) in [6.45, 7) is 1.82. The van der Waals surface area contributed by atoms with E-state index >= 15 is 0 Å². The minimum atomic E-state index is -0.283. The molecule has 2 N–H and O–H groups in total. The highest BCUT2D eigenvalue weighted by atomic mass is 35.5. The molecule has 0 fully saturated rings. The fourth-order valence-electron chi connectivity index (χ4n) is 2.42. The van der Waals surface area contributed by atoms with Gasteiger partial charge in [0.05, 0.1) is 6.04 Å². The van der Waals surface area contributed by atoms with Gasteiger partial charge in [0, 0.05) is 16.0 Å². The van der Waals surface area contributed by atoms with Crippen molar-refractivity contribution in [2.75, 3.05) is 0 Å². The maximum Gasteiger partial charge on any atom is 0.167 e. The number of nitrogens with two attached hydrogens (primary N) is 1. The number of benzene rings is 2. The first-order chi connectivity index (χ1) is 10.2. The average molecular weight is 335 g/mol. The van der Waals surface area contributed by atoms with Gasteiger partial charge in [-0.2, -0.15) is 0 Å². The summed E-state index contributed by atoms with van der Waals surface area (Å²) in [6.07, 6.45) is 1.82. The zero-order valence-electron chi connectivity index (χ0n) is 12.0. The highest BCUT2D eigenvalue weighted by Crippen LogP contribution is 2.32. The lowest BCUT2D eigenvalue weighted by Gasteiger charge is -2.12. The Kier molecular flexibility index (Phi) is 5.24. The van der Waals surface area contributed by atoms with Gasteiger partial charge in [0.2, 0.25) is 0 Å². The van der Waals surface area contributed by atoms with Crippen molar-refractivity contribution in [1.29, 1.82) is 0 Å². The van der Waals surface area contributed by atoms with Gasteiger partial charge in [-0.25, -0.2) is 0 Å². The monoisotopic (exact) mass is 334 g/mol. The number of rotatable bonds is 3. The third-order valence-corrected chi connectivity index (χ3v) is 3.49. The van der Waals surface area contributed by atoms with E-state index in [4.69, 9.17) is 21.9 Å². The molecule has 5 heteroatoms. The number of fused-ring (bicyclic) bond motifs is 1. The molecular weight excluding hydrogens is 319 g/mol. The Balaban J connectivity index is 0.00000176. The van der Waals surface area contributed by atoms with Crippen molar-refractivity contribution < 1.29 is 4.52 Å². The highest BCUT2D eigenvalue weighted by molar-refractivity contribution is 6.29. The second-order valence-electron chi connectivity index (χ2n) is 4.89. The molecule has 0 bridgehead atoms. The summed E-state index contributed by atoms with van der Waals surface area (Å²) in [4.78, 5) is 0. The van der Waals surface area contributed by atoms with Crippen LogP contribution in [0, 0.1) is 0 Å². The Bertz CT molecular complexity index is 807. The Morgan fingerprint density at radius 3 is 2.64 bits per heavy atom. The van der Waals surface area contributed by atoms with E-state index in [1.807, 2.05) is 61.5 Å². The summed E-state index contributed by atoms with van der Waals surface area (Å²) in [5.41, 5.74) is 9.73. The maximum absolute atomic E-state index is 6.23. The molecule has 0 aliphatic carbocycles. The Morgan fingerprint density at radius 2 is 1.86 bits per heavy atom. The second-order valence-corrected chi connectivity index (χ2v) is 5.49. The Labute approximate surface area is 140 Å². The van der Waals surface area contributed by atoms with Gasteiger partial charge < -0.3 is 10.3 Å². The van der Waals surface area contributed by atoms with Crippen LogP contribution in [0.3, 0.4) is 0 Å². The smallest absolute Gasteiger partial charge is 0.167 e. The molecule has 2 aromatic carbocycles. The van der Waals surface area contributed by atoms with Crippen molar-refractivity contribution in [3.05, 3.63) is 65.2 Å². The van der Waals surface area contributed by atoms with E-state index in [2.05, 4.69) is 5.16 Å². The van der Waals surface area contributed by atoms with Gasteiger partial charge in [-0.15, -0.1) is 12.4 Å². The highest BCUT2D eigenvalue weighted by Gasteiger charge is 2.16. The predicted molar refractivity (Wildman–Crippen MR) is 93.2 cm³/mol. The molecule has 1 heterocycles. The SMILES string of the molecule is CC(Cl)=CC(N)c1ccccc1-c1noc2ccccc12.Cl. The zero-order valence-corrected chi connectivity index (χ0v) is 13.6. The topological polar surface area (TPSA) is 52.0 Å². The molecule has 22 heavy (non-hydrogen) atoms. The molecule has 3 nitrogen and oxygen atoms in total. The van der Waals surface area contributed by atoms with Crippen molar-refractivity contribution in [3.8, 4) is 11.3 Å². The molecule has 0 saturated heterocycles. The summed E-state index contributed by atoms with van der Waals surface area (Å²) in [7, 11) is 0. The number of para-hydroxylation sites is 1. The van der Waals surface area contributed by atoms with Gasteiger partial charge in [-0.1, -0.05) is 53.2 Å². The Morgan fingerprint density at radius 1 is 1.18 bits per heavy atom. The fraction of sp³-hybridized carbons (Fsp3) is 0.118. The molecule has 1 unspecified atom stereocenters. The lowest BCUT2D eigenvalue weighted by atomic mass is 9.96. The normalized spacial score (nSPS) is 13.0. The van der Waals surface area contributed by atoms with E-state index in [1.165, 1.54) is 0 Å². The summed E-state index contributed by atoms with van der Waals surface area (Å²) in [5.74, 6) is 0. The summed E-state index contributed by atoms with van der Waals surface area (Å²) in [6, 6.07) is 15.4. The molecule has 0 saturated carbocycles. The van der Waals surface area contributed by atoms with Crippen LogP contribution in [0.5, 0.6) is 0 Å². The van der Waals surface area contributed by atoms with Crippen LogP contribution in [-0.4, -0.2) is 5.16 Å². The fourth-order valence-corrected chi connectivity index (χ4v) is 2.56. The number of hydrogen-bond donors (Lipinski definition) is 1. The molecular formula is C17H16Cl2N2O. The standard InChI is InChI=1S/C17H15ClN2O.ClH/c1-11(18)10-15(19)12-6-2-3-7-13(12)17-14-8-4-5-9-16(14)21-20-17;/h2-10,15H,19H2,1H3;1H. The predicted octanol–water partition coefficient (Wildman–Crippen LogP) is 5.06. The van der Waals surface area contributed by atoms with Gasteiger partial charge >= 0.3 is 0 Å². The maximum atomic E-state index is 6.23. The number of allylic oxidation sites excluding steroid dienone is 1. The van der Waals surface area contributed by atoms with Gasteiger partial charge in [-0.05, 0) is 30.7 Å². The summed E-state index contributed by atoms with van der Waals surface area (Å²) >= 11 is 5.94. The van der Waals surface area contributed by atoms with Crippen LogP contribution in [0.15, 0.2) is 64.2 Å². The molecule has 0 aliphatic rings. The largest absolute Gasteiger partial charge is 0.356 e. The third kappa shape index (κ3) is 3.17. The summed E-state index contributed by atoms with van der Waals surface area (Å²) in [5, 5.41) is 5.85. The van der Waals surface area contributed by atoms with Crippen molar-refractivity contribution in [2.24, 2.45) is 5.73 Å². The lowest BCUT2D eigenvalue weighted by Crippen LogP contribution is -2.08. The first-order valence-electron chi connectivity index (χ1n) is 6.70. The first kappa shape index (κ1) is 16.6. The third-order valence-electron chi connectivity index (χ3n) is 3.36. The molecule has 1 atom stereocenters. The van der Waals surface area contributed by atoms with Crippen LogP contribution in [-0.2, 0) is 0 Å². The number of aromatic nitrogens is 1. The van der Waals surface area contributed by atoms with Crippen LogP contribution in [0.2, 0.25) is 0 Å². The summed E-state index contributed by atoms with van der Waals surface area (Å²) < 4.78 is 5.39. The minimum absolute atomic E-state index is 0. The van der Waals surface area contributed by atoms with Gasteiger partial charge in [0.1, 0.15) is 5.69 Å². The van der Waals surface area contributed by atoms with Crippen molar-refractivity contribution >= 4 is 35.0 Å².